The Morgan fingerprint density at radius 2 is 2.09 bits per heavy atom. The molecule has 7 heteroatoms. The number of hydrogen-bond donors (Lipinski definition) is 2. The Morgan fingerprint density at radius 1 is 1.64 bits per heavy atom. The zero-order valence-corrected chi connectivity index (χ0v) is 6.52. The minimum Gasteiger partial charge on any atom is -0.303 e. The van der Waals surface area contributed by atoms with Gasteiger partial charge in [0.05, 0.1) is 0 Å². The summed E-state index contributed by atoms with van der Waals surface area (Å²) in [5.41, 5.74) is 0. The summed E-state index contributed by atoms with van der Waals surface area (Å²) in [4.78, 5) is 36.6. The molecule has 0 radical (unpaired) electrons. The lowest BCUT2D eigenvalue weighted by molar-refractivity contribution is -0.130. The number of hydrogen-bond acceptors (Lipinski definition) is 4. The number of aldehydes is 1. The van der Waals surface area contributed by atoms with Crippen molar-refractivity contribution in [3.05, 3.63) is 0 Å². The summed E-state index contributed by atoms with van der Waals surface area (Å²) < 4.78 is 13.9. The maximum atomic E-state index is 10.4. The first-order valence-electron chi connectivity index (χ1n) is 2.56. The topological polar surface area (TPSA) is 101 Å². The van der Waals surface area contributed by atoms with Crippen LogP contribution in [0.4, 0.5) is 0 Å². The molecule has 0 amide bonds. The second-order valence-corrected chi connectivity index (χ2v) is 2.96. The van der Waals surface area contributed by atoms with Crippen molar-refractivity contribution in [2.45, 2.75) is 13.0 Å². The lowest BCUT2D eigenvalue weighted by Crippen LogP contribution is -2.21. The Bertz CT molecular complexity index is 205. The van der Waals surface area contributed by atoms with E-state index in [0.29, 0.717) is 0 Å². The standard InChI is InChI=1S/C4H7O6P/c1-3(6)4(2-5)10-11(7,8)9/h2,4H,1H3,(H2,7,8,9). The van der Waals surface area contributed by atoms with Crippen LogP contribution in [0, 0.1) is 0 Å². The summed E-state index contributed by atoms with van der Waals surface area (Å²) in [6.07, 6.45) is -1.64. The van der Waals surface area contributed by atoms with Crippen LogP contribution in [0.3, 0.4) is 0 Å². The van der Waals surface area contributed by atoms with Gasteiger partial charge in [-0.2, -0.15) is 0 Å². The molecule has 2 N–H and O–H groups in total. The van der Waals surface area contributed by atoms with E-state index in [-0.39, 0.29) is 6.29 Å². The fourth-order valence-corrected chi connectivity index (χ4v) is 0.837. The van der Waals surface area contributed by atoms with E-state index in [1.165, 1.54) is 0 Å². The second kappa shape index (κ2) is 3.73. The molecule has 0 fully saturated rings. The van der Waals surface area contributed by atoms with Crippen LogP contribution in [0.2, 0.25) is 0 Å². The highest BCUT2D eigenvalue weighted by Crippen LogP contribution is 2.37. The summed E-state index contributed by atoms with van der Waals surface area (Å²) in [5.74, 6) is -0.747. The highest BCUT2D eigenvalue weighted by atomic mass is 31.2. The molecule has 1 atom stereocenters. The van der Waals surface area contributed by atoms with Crippen molar-refractivity contribution < 1.29 is 28.5 Å². The molecule has 11 heavy (non-hydrogen) atoms. The van der Waals surface area contributed by atoms with Gasteiger partial charge in [-0.05, 0) is 6.92 Å². The molecule has 0 heterocycles. The van der Waals surface area contributed by atoms with Gasteiger partial charge < -0.3 is 9.79 Å². The van der Waals surface area contributed by atoms with Crippen LogP contribution in [0.15, 0.2) is 0 Å². The summed E-state index contributed by atoms with van der Waals surface area (Å²) in [6, 6.07) is 0. The Balaban J connectivity index is 4.21. The highest BCUT2D eigenvalue weighted by molar-refractivity contribution is 7.46. The van der Waals surface area contributed by atoms with Crippen LogP contribution in [-0.4, -0.2) is 28.0 Å². The number of rotatable bonds is 4. The van der Waals surface area contributed by atoms with Gasteiger partial charge in [0.1, 0.15) is 0 Å². The molecule has 0 aromatic carbocycles. The molecular formula is C4H7O6P. The third-order valence-corrected chi connectivity index (χ3v) is 1.28. The van der Waals surface area contributed by atoms with E-state index in [1.54, 1.807) is 0 Å². The zero-order chi connectivity index (χ0) is 9.07. The molecule has 0 aromatic rings. The van der Waals surface area contributed by atoms with Gasteiger partial charge in [-0.25, -0.2) is 4.57 Å². The van der Waals surface area contributed by atoms with Crippen LogP contribution < -0.4 is 0 Å². The summed E-state index contributed by atoms with van der Waals surface area (Å²) in [6.45, 7) is 0.995. The van der Waals surface area contributed by atoms with E-state index < -0.39 is 19.7 Å². The molecule has 0 aromatic heterocycles. The number of carbonyl (C=O) groups is 2. The third kappa shape index (κ3) is 4.80. The number of carbonyl (C=O) groups excluding carboxylic acids is 2. The number of phosphoric acid groups is 1. The Kier molecular flexibility index (Phi) is 3.54. The SMILES string of the molecule is CC(=O)C(C=O)OP(=O)(O)O. The summed E-state index contributed by atoms with van der Waals surface area (Å²) >= 11 is 0. The van der Waals surface area contributed by atoms with E-state index in [9.17, 15) is 14.2 Å². The smallest absolute Gasteiger partial charge is 0.303 e. The van der Waals surface area contributed by atoms with E-state index in [2.05, 4.69) is 4.52 Å². The molecule has 64 valence electrons. The van der Waals surface area contributed by atoms with Gasteiger partial charge in [-0.3, -0.25) is 14.1 Å². The molecule has 0 bridgehead atoms. The molecule has 0 aliphatic rings. The molecule has 0 aliphatic heterocycles. The summed E-state index contributed by atoms with van der Waals surface area (Å²) in [5, 5.41) is 0. The van der Waals surface area contributed by atoms with Crippen LogP contribution in [-0.2, 0) is 18.7 Å². The molecule has 1 unspecified atom stereocenters. The Hall–Kier alpha value is -0.550. The van der Waals surface area contributed by atoms with Gasteiger partial charge in [-0.15, -0.1) is 0 Å². The van der Waals surface area contributed by atoms with Crippen molar-refractivity contribution in [1.29, 1.82) is 0 Å². The van der Waals surface area contributed by atoms with Crippen LogP contribution in [0.25, 0.3) is 0 Å². The minimum atomic E-state index is -4.74. The first-order chi connectivity index (χ1) is 4.87. The van der Waals surface area contributed by atoms with Crippen molar-refractivity contribution in [3.63, 3.8) is 0 Å². The molecule has 0 rings (SSSR count). The van der Waals surface area contributed by atoms with Gasteiger partial charge in [0, 0.05) is 0 Å². The average molecular weight is 182 g/mol. The molecular weight excluding hydrogens is 175 g/mol. The number of phosphoric ester groups is 1. The minimum absolute atomic E-state index is 0.0292. The van der Waals surface area contributed by atoms with Crippen LogP contribution in [0.5, 0.6) is 0 Å². The van der Waals surface area contributed by atoms with Crippen molar-refractivity contribution in [2.24, 2.45) is 0 Å². The largest absolute Gasteiger partial charge is 0.470 e. The monoisotopic (exact) mass is 182 g/mol. The maximum absolute atomic E-state index is 10.4. The van der Waals surface area contributed by atoms with Gasteiger partial charge in [0.2, 0.25) is 0 Å². The second-order valence-electron chi connectivity index (χ2n) is 1.76. The van der Waals surface area contributed by atoms with Crippen molar-refractivity contribution in [3.8, 4) is 0 Å². The fourth-order valence-electron chi connectivity index (χ4n) is 0.343. The van der Waals surface area contributed by atoms with E-state index in [4.69, 9.17) is 9.79 Å². The zero-order valence-electron chi connectivity index (χ0n) is 5.63. The molecule has 0 spiro atoms. The molecule has 0 aliphatic carbocycles. The number of Topliss-reactive ketones (excluding diaryl/α,β-unsaturated/α-hetero) is 1. The maximum Gasteiger partial charge on any atom is 0.470 e. The van der Waals surface area contributed by atoms with Crippen LogP contribution >= 0.6 is 7.82 Å². The normalized spacial score (nSPS) is 14.1. The van der Waals surface area contributed by atoms with Gasteiger partial charge in [-0.1, -0.05) is 0 Å². The highest BCUT2D eigenvalue weighted by Gasteiger charge is 2.24. The predicted octanol–water partition coefficient (Wildman–Crippen LogP) is -0.748. The van der Waals surface area contributed by atoms with E-state index >= 15 is 0 Å². The first-order valence-corrected chi connectivity index (χ1v) is 4.09. The average Bonchev–Trinajstić information content (AvgIpc) is 1.80. The lowest BCUT2D eigenvalue weighted by atomic mass is 10.3. The molecule has 0 saturated carbocycles. The van der Waals surface area contributed by atoms with Crippen molar-refractivity contribution >= 4 is 19.9 Å². The molecule has 0 saturated heterocycles. The number of ketones is 1. The lowest BCUT2D eigenvalue weighted by Gasteiger charge is -2.07. The van der Waals surface area contributed by atoms with Gasteiger partial charge in [0.25, 0.3) is 0 Å². The van der Waals surface area contributed by atoms with E-state index in [1.807, 2.05) is 0 Å². The molecule has 6 nitrogen and oxygen atoms in total. The van der Waals surface area contributed by atoms with Crippen LogP contribution in [0.1, 0.15) is 6.92 Å². The predicted molar refractivity (Wildman–Crippen MR) is 33.7 cm³/mol. The van der Waals surface area contributed by atoms with Crippen molar-refractivity contribution in [1.82, 2.24) is 0 Å². The van der Waals surface area contributed by atoms with Gasteiger partial charge in [0.15, 0.2) is 18.2 Å². The van der Waals surface area contributed by atoms with Gasteiger partial charge >= 0.3 is 7.82 Å². The third-order valence-electron chi connectivity index (χ3n) is 0.775. The Morgan fingerprint density at radius 3 is 2.18 bits per heavy atom. The summed E-state index contributed by atoms with van der Waals surface area (Å²) in [7, 11) is -4.74. The fraction of sp³-hybridized carbons (Fsp3) is 0.500. The van der Waals surface area contributed by atoms with Crippen molar-refractivity contribution in [2.75, 3.05) is 0 Å². The quantitative estimate of drug-likeness (QED) is 0.337. The first kappa shape index (κ1) is 10.4. The Labute approximate surface area is 62.4 Å². The van der Waals surface area contributed by atoms with E-state index in [0.717, 1.165) is 6.92 Å².